The third-order valence-corrected chi connectivity index (χ3v) is 6.41. The Labute approximate surface area is 197 Å². The van der Waals surface area contributed by atoms with E-state index < -0.39 is 18.9 Å². The molecule has 1 saturated heterocycles. The normalized spacial score (nSPS) is 16.1. The highest BCUT2D eigenvalue weighted by molar-refractivity contribution is 7.09. The molecule has 0 spiro atoms. The number of para-hydroxylation sites is 2. The number of amides is 1. The van der Waals surface area contributed by atoms with Gasteiger partial charge in [0.05, 0.1) is 23.1 Å². The number of hydrogen-bond acceptors (Lipinski definition) is 9. The summed E-state index contributed by atoms with van der Waals surface area (Å²) in [6.07, 6.45) is -0.610. The highest BCUT2D eigenvalue weighted by Crippen LogP contribution is 2.34. The number of ether oxygens (including phenoxy) is 2. The molecule has 0 atom stereocenters. The molecular weight excluding hydrogens is 442 g/mol. The van der Waals surface area contributed by atoms with Crippen molar-refractivity contribution < 1.29 is 19.1 Å². The lowest BCUT2D eigenvalue weighted by molar-refractivity contribution is -0.152. The highest BCUT2D eigenvalue weighted by Gasteiger charge is 2.32. The lowest BCUT2D eigenvalue weighted by atomic mass is 10.2. The van der Waals surface area contributed by atoms with E-state index in [9.17, 15) is 9.59 Å². The van der Waals surface area contributed by atoms with Crippen LogP contribution in [0.1, 0.15) is 4.88 Å². The number of anilines is 1. The van der Waals surface area contributed by atoms with Crippen molar-refractivity contribution in [3.63, 3.8) is 0 Å². The number of rotatable bonds is 5. The molecule has 1 fully saturated rings. The number of hydrogen-bond donors (Lipinski definition) is 0. The Hall–Kier alpha value is -2.95. The summed E-state index contributed by atoms with van der Waals surface area (Å²) in [4.78, 5) is 39.1. The number of likely N-dealkylation sites (N-methyl/N-ethyl adjacent to an activating group) is 2. The van der Waals surface area contributed by atoms with Crippen LogP contribution in [-0.4, -0.2) is 87.4 Å². The van der Waals surface area contributed by atoms with Gasteiger partial charge in [-0.15, -0.1) is 11.3 Å². The molecule has 0 bridgehead atoms. The van der Waals surface area contributed by atoms with E-state index in [4.69, 9.17) is 14.5 Å². The van der Waals surface area contributed by atoms with Crippen molar-refractivity contribution in [3.8, 4) is 0 Å². The smallest absolute Gasteiger partial charge is 0.423 e. The van der Waals surface area contributed by atoms with Crippen LogP contribution in [-0.2, 0) is 14.3 Å². The summed E-state index contributed by atoms with van der Waals surface area (Å²) in [5.74, 6) is 0.291. The highest BCUT2D eigenvalue weighted by atomic mass is 32.1. The van der Waals surface area contributed by atoms with Crippen LogP contribution in [0.5, 0.6) is 0 Å². The van der Waals surface area contributed by atoms with Crippen LogP contribution in [0.15, 0.2) is 35.3 Å². The van der Waals surface area contributed by atoms with Crippen LogP contribution >= 0.6 is 11.3 Å². The molecular formula is C23H29N5O4S. The molecule has 0 aliphatic carbocycles. The molecule has 1 aromatic heterocycles. The molecule has 176 valence electrons. The van der Waals surface area contributed by atoms with Gasteiger partial charge in [-0.1, -0.05) is 12.1 Å². The molecule has 2 aliphatic rings. The predicted octanol–water partition coefficient (Wildman–Crippen LogP) is 1.34. The second kappa shape index (κ2) is 9.90. The Kier molecular flexibility index (Phi) is 6.96. The second-order valence-corrected chi connectivity index (χ2v) is 9.64. The molecule has 0 unspecified atom stereocenters. The SMILES string of the molecule is Cc1cc2c(s1)=Nc1ccccc1N(C(=O)OCOC(=O)CN(C)C)C=2N1CCN(C)CC1. The predicted molar refractivity (Wildman–Crippen MR) is 127 cm³/mol. The van der Waals surface area contributed by atoms with Gasteiger partial charge in [0.15, 0.2) is 0 Å². The standard InChI is InChI=1S/C23H29N5O4S/c1-16-13-17-21(33-16)24-18-7-5-6-8-19(18)28(22(17)27-11-9-26(4)10-12-27)23(30)32-15-31-20(29)14-25(2)3/h5-8,13H,9-12,14-15H2,1-4H3. The maximum Gasteiger partial charge on any atom is 0.423 e. The molecule has 0 radical (unpaired) electrons. The lowest BCUT2D eigenvalue weighted by Gasteiger charge is -2.38. The maximum absolute atomic E-state index is 13.5. The van der Waals surface area contributed by atoms with E-state index in [0.29, 0.717) is 11.4 Å². The first kappa shape index (κ1) is 23.2. The van der Waals surface area contributed by atoms with E-state index in [-0.39, 0.29) is 6.54 Å². The van der Waals surface area contributed by atoms with Gasteiger partial charge in [0.1, 0.15) is 10.5 Å². The first-order chi connectivity index (χ1) is 15.8. The summed E-state index contributed by atoms with van der Waals surface area (Å²) in [6.45, 7) is 4.99. The Morgan fingerprint density at radius 2 is 1.85 bits per heavy atom. The molecule has 0 saturated carbocycles. The minimum Gasteiger partial charge on any atom is -0.427 e. The van der Waals surface area contributed by atoms with Gasteiger partial charge in [0.25, 0.3) is 0 Å². The zero-order valence-electron chi connectivity index (χ0n) is 19.4. The molecule has 2 aliphatic heterocycles. The third kappa shape index (κ3) is 5.18. The van der Waals surface area contributed by atoms with Crippen LogP contribution in [0.25, 0.3) is 5.82 Å². The van der Waals surface area contributed by atoms with Crippen molar-refractivity contribution in [2.75, 3.05) is 65.6 Å². The van der Waals surface area contributed by atoms with Crippen molar-refractivity contribution >= 4 is 40.6 Å². The first-order valence-electron chi connectivity index (χ1n) is 10.8. The van der Waals surface area contributed by atoms with Gasteiger partial charge < -0.3 is 19.3 Å². The van der Waals surface area contributed by atoms with Crippen LogP contribution < -0.4 is 14.8 Å². The summed E-state index contributed by atoms with van der Waals surface area (Å²) in [6, 6.07) is 9.59. The quantitative estimate of drug-likeness (QED) is 0.481. The molecule has 2 aromatic rings. The number of nitrogens with zero attached hydrogens (tertiary/aromatic N) is 5. The third-order valence-electron chi connectivity index (χ3n) is 5.47. The lowest BCUT2D eigenvalue weighted by Crippen LogP contribution is -2.51. The molecule has 3 heterocycles. The number of esters is 1. The van der Waals surface area contributed by atoms with Crippen molar-refractivity contribution in [1.82, 2.24) is 14.7 Å². The van der Waals surface area contributed by atoms with Crippen LogP contribution in [0.2, 0.25) is 0 Å². The number of benzene rings is 1. The van der Waals surface area contributed by atoms with E-state index in [1.807, 2.05) is 31.2 Å². The number of carbonyl (C=O) groups excluding carboxylic acids is 2. The topological polar surface area (TPSA) is 77.9 Å². The maximum atomic E-state index is 13.5. The average molecular weight is 472 g/mol. The number of carbonyl (C=O) groups is 2. The van der Waals surface area contributed by atoms with E-state index >= 15 is 0 Å². The van der Waals surface area contributed by atoms with Gasteiger partial charge in [0, 0.05) is 31.1 Å². The molecule has 1 amide bonds. The molecule has 33 heavy (non-hydrogen) atoms. The van der Waals surface area contributed by atoms with Crippen molar-refractivity contribution in [1.29, 1.82) is 0 Å². The molecule has 10 heteroatoms. The average Bonchev–Trinajstić information content (AvgIpc) is 3.06. The van der Waals surface area contributed by atoms with E-state index in [0.717, 1.165) is 46.8 Å². The summed E-state index contributed by atoms with van der Waals surface area (Å²) < 4.78 is 11.4. The zero-order valence-corrected chi connectivity index (χ0v) is 20.2. The van der Waals surface area contributed by atoms with Crippen LogP contribution in [0.4, 0.5) is 16.2 Å². The minimum absolute atomic E-state index is 0.110. The first-order valence-corrected chi connectivity index (χ1v) is 11.6. The van der Waals surface area contributed by atoms with Crippen LogP contribution in [0.3, 0.4) is 0 Å². The summed E-state index contributed by atoms with van der Waals surface area (Å²) in [7, 11) is 5.62. The summed E-state index contributed by atoms with van der Waals surface area (Å²) >= 11 is 1.60. The summed E-state index contributed by atoms with van der Waals surface area (Å²) in [5, 5.41) is 0.903. The molecule has 4 rings (SSSR count). The zero-order chi connectivity index (χ0) is 23.5. The molecule has 9 nitrogen and oxygen atoms in total. The number of aryl methyl sites for hydroxylation is 1. The number of piperazine rings is 1. The number of thiophene rings is 1. The Morgan fingerprint density at radius 3 is 2.58 bits per heavy atom. The molecule has 1 aromatic carbocycles. The van der Waals surface area contributed by atoms with E-state index in [1.165, 1.54) is 0 Å². The fraction of sp³-hybridized carbons (Fsp3) is 0.435. The summed E-state index contributed by atoms with van der Waals surface area (Å²) in [5.41, 5.74) is 1.32. The second-order valence-electron chi connectivity index (χ2n) is 8.41. The Morgan fingerprint density at radius 1 is 1.12 bits per heavy atom. The number of fused-ring (bicyclic) bond motifs is 2. The van der Waals surface area contributed by atoms with Crippen molar-refractivity contribution in [2.24, 2.45) is 4.99 Å². The Bertz CT molecular complexity index is 1150. The van der Waals surface area contributed by atoms with Gasteiger partial charge in [-0.25, -0.2) is 14.7 Å². The molecule has 0 N–H and O–H groups in total. The minimum atomic E-state index is -0.610. The van der Waals surface area contributed by atoms with Gasteiger partial charge >= 0.3 is 12.1 Å². The van der Waals surface area contributed by atoms with Crippen molar-refractivity contribution in [2.45, 2.75) is 6.92 Å². The van der Waals surface area contributed by atoms with Gasteiger partial charge in [-0.3, -0.25) is 9.69 Å². The van der Waals surface area contributed by atoms with Gasteiger partial charge in [-0.05, 0) is 46.3 Å². The van der Waals surface area contributed by atoms with Gasteiger partial charge in [0.2, 0.25) is 6.79 Å². The van der Waals surface area contributed by atoms with E-state index in [1.54, 1.807) is 35.2 Å². The fourth-order valence-corrected chi connectivity index (χ4v) is 4.75. The van der Waals surface area contributed by atoms with E-state index in [2.05, 4.69) is 22.9 Å². The van der Waals surface area contributed by atoms with Gasteiger partial charge in [-0.2, -0.15) is 0 Å². The largest absolute Gasteiger partial charge is 0.427 e. The van der Waals surface area contributed by atoms with Crippen molar-refractivity contribution in [3.05, 3.63) is 45.1 Å². The fourth-order valence-electron chi connectivity index (χ4n) is 3.87. The Balaban J connectivity index is 1.72. The monoisotopic (exact) mass is 471 g/mol. The van der Waals surface area contributed by atoms with Crippen LogP contribution in [0, 0.1) is 6.92 Å².